The monoisotopic (exact) mass is 226 g/mol. The van der Waals surface area contributed by atoms with Crippen LogP contribution in [0.4, 0.5) is 5.69 Å². The zero-order valence-electron chi connectivity index (χ0n) is 9.68. The third kappa shape index (κ3) is 2.50. The minimum atomic E-state index is 0.421. The van der Waals surface area contributed by atoms with Crippen LogP contribution in [0.15, 0.2) is 42.7 Å². The van der Waals surface area contributed by atoms with E-state index in [4.69, 9.17) is 0 Å². The van der Waals surface area contributed by atoms with Gasteiger partial charge >= 0.3 is 0 Å². The van der Waals surface area contributed by atoms with Crippen molar-refractivity contribution in [2.45, 2.75) is 6.42 Å². The quantitative estimate of drug-likeness (QED) is 0.814. The summed E-state index contributed by atoms with van der Waals surface area (Å²) < 4.78 is 0. The van der Waals surface area contributed by atoms with Crippen molar-refractivity contribution in [2.24, 2.45) is 0 Å². The van der Waals surface area contributed by atoms with Gasteiger partial charge in [0.2, 0.25) is 0 Å². The standard InChI is InChI=1S/C14H14N2O/c1-15-14-5-4-11(9-12(14)6-8-17)13-3-2-7-16-10-13/h2-5,7-10,15H,6H2,1H3. The summed E-state index contributed by atoms with van der Waals surface area (Å²) in [5, 5.41) is 3.08. The summed E-state index contributed by atoms with van der Waals surface area (Å²) in [5.41, 5.74) is 4.13. The zero-order chi connectivity index (χ0) is 12.1. The van der Waals surface area contributed by atoms with E-state index in [2.05, 4.69) is 10.3 Å². The Morgan fingerprint density at radius 2 is 2.18 bits per heavy atom. The van der Waals surface area contributed by atoms with Crippen LogP contribution < -0.4 is 5.32 Å². The van der Waals surface area contributed by atoms with Crippen LogP contribution >= 0.6 is 0 Å². The van der Waals surface area contributed by atoms with E-state index in [0.29, 0.717) is 6.42 Å². The second kappa shape index (κ2) is 5.25. The molecule has 0 amide bonds. The topological polar surface area (TPSA) is 42.0 Å². The first-order valence-corrected chi connectivity index (χ1v) is 5.50. The first-order chi connectivity index (χ1) is 8.35. The lowest BCUT2D eigenvalue weighted by Gasteiger charge is -2.09. The molecule has 2 aromatic rings. The van der Waals surface area contributed by atoms with Crippen LogP contribution in [0, 0.1) is 0 Å². The van der Waals surface area contributed by atoms with Gasteiger partial charge in [-0.25, -0.2) is 0 Å². The predicted octanol–water partition coefficient (Wildman–Crippen LogP) is 2.53. The molecule has 0 radical (unpaired) electrons. The number of nitrogens with one attached hydrogen (secondary N) is 1. The summed E-state index contributed by atoms with van der Waals surface area (Å²) in [6.45, 7) is 0. The minimum Gasteiger partial charge on any atom is -0.388 e. The van der Waals surface area contributed by atoms with Crippen LogP contribution in [0.5, 0.6) is 0 Å². The summed E-state index contributed by atoms with van der Waals surface area (Å²) in [4.78, 5) is 14.7. The number of hydrogen-bond acceptors (Lipinski definition) is 3. The second-order valence-electron chi connectivity index (χ2n) is 3.73. The van der Waals surface area contributed by atoms with Crippen molar-refractivity contribution in [3.05, 3.63) is 48.3 Å². The zero-order valence-corrected chi connectivity index (χ0v) is 9.68. The van der Waals surface area contributed by atoms with Crippen LogP contribution in [0.25, 0.3) is 11.1 Å². The predicted molar refractivity (Wildman–Crippen MR) is 69.0 cm³/mol. The van der Waals surface area contributed by atoms with Gasteiger partial charge in [-0.05, 0) is 34.9 Å². The number of carbonyl (C=O) groups is 1. The van der Waals surface area contributed by atoms with E-state index in [-0.39, 0.29) is 0 Å². The van der Waals surface area contributed by atoms with Crippen LogP contribution in [0.3, 0.4) is 0 Å². The maximum absolute atomic E-state index is 10.7. The normalized spacial score (nSPS) is 9.94. The van der Waals surface area contributed by atoms with Crippen LogP contribution in [-0.2, 0) is 11.2 Å². The molecule has 0 spiro atoms. The highest BCUT2D eigenvalue weighted by atomic mass is 16.1. The van der Waals surface area contributed by atoms with Crippen molar-refractivity contribution in [3.63, 3.8) is 0 Å². The molecule has 1 aromatic heterocycles. The van der Waals surface area contributed by atoms with E-state index < -0.39 is 0 Å². The lowest BCUT2D eigenvalue weighted by Crippen LogP contribution is -1.96. The SMILES string of the molecule is CNc1ccc(-c2cccnc2)cc1CC=O. The Hall–Kier alpha value is -2.16. The van der Waals surface area contributed by atoms with Crippen molar-refractivity contribution >= 4 is 12.0 Å². The molecule has 2 rings (SSSR count). The molecule has 3 nitrogen and oxygen atoms in total. The number of pyridine rings is 1. The summed E-state index contributed by atoms with van der Waals surface area (Å²) >= 11 is 0. The molecule has 0 saturated heterocycles. The van der Waals surface area contributed by atoms with E-state index >= 15 is 0 Å². The third-order valence-electron chi connectivity index (χ3n) is 2.67. The molecule has 1 heterocycles. The number of anilines is 1. The van der Waals surface area contributed by atoms with Gasteiger partial charge in [-0.2, -0.15) is 0 Å². The molecule has 0 aliphatic heterocycles. The van der Waals surface area contributed by atoms with E-state index in [1.165, 1.54) is 0 Å². The number of aldehydes is 1. The number of hydrogen-bond donors (Lipinski definition) is 1. The fraction of sp³-hybridized carbons (Fsp3) is 0.143. The molecular weight excluding hydrogens is 212 g/mol. The Bertz CT molecular complexity index is 509. The van der Waals surface area contributed by atoms with Gasteiger partial charge in [0.15, 0.2) is 0 Å². The summed E-state index contributed by atoms with van der Waals surface area (Å²) in [6.07, 6.45) is 4.91. The van der Waals surface area contributed by atoms with Gasteiger partial charge in [-0.15, -0.1) is 0 Å². The molecule has 0 aliphatic carbocycles. The highest BCUT2D eigenvalue weighted by Gasteiger charge is 2.04. The number of nitrogens with zero attached hydrogens (tertiary/aromatic N) is 1. The first kappa shape index (κ1) is 11.3. The number of rotatable bonds is 4. The molecule has 86 valence electrons. The van der Waals surface area contributed by atoms with Crippen molar-refractivity contribution < 1.29 is 4.79 Å². The maximum Gasteiger partial charge on any atom is 0.124 e. The summed E-state index contributed by atoms with van der Waals surface area (Å²) in [7, 11) is 1.85. The van der Waals surface area contributed by atoms with Gasteiger partial charge in [0.25, 0.3) is 0 Å². The largest absolute Gasteiger partial charge is 0.388 e. The highest BCUT2D eigenvalue weighted by molar-refractivity contribution is 5.71. The number of benzene rings is 1. The van der Waals surface area contributed by atoms with Gasteiger partial charge in [0, 0.05) is 31.5 Å². The van der Waals surface area contributed by atoms with Gasteiger partial charge in [0.05, 0.1) is 0 Å². The Labute approximate surface area is 101 Å². The lowest BCUT2D eigenvalue weighted by atomic mass is 10.0. The van der Waals surface area contributed by atoms with E-state index in [1.807, 2.05) is 43.6 Å². The molecule has 1 aromatic carbocycles. The van der Waals surface area contributed by atoms with Gasteiger partial charge < -0.3 is 10.1 Å². The van der Waals surface area contributed by atoms with Crippen LogP contribution in [0.2, 0.25) is 0 Å². The lowest BCUT2D eigenvalue weighted by molar-refractivity contribution is -0.107. The molecule has 0 atom stereocenters. The van der Waals surface area contributed by atoms with Gasteiger partial charge in [-0.3, -0.25) is 4.98 Å². The van der Waals surface area contributed by atoms with Crippen LogP contribution in [0.1, 0.15) is 5.56 Å². The van der Waals surface area contributed by atoms with E-state index in [0.717, 1.165) is 28.7 Å². The smallest absolute Gasteiger partial charge is 0.124 e. The van der Waals surface area contributed by atoms with Crippen molar-refractivity contribution in [2.75, 3.05) is 12.4 Å². The molecule has 0 bridgehead atoms. The first-order valence-electron chi connectivity index (χ1n) is 5.50. The van der Waals surface area contributed by atoms with Crippen molar-refractivity contribution in [1.82, 2.24) is 4.98 Å². The van der Waals surface area contributed by atoms with E-state index in [1.54, 1.807) is 6.20 Å². The average molecular weight is 226 g/mol. The second-order valence-corrected chi connectivity index (χ2v) is 3.73. The Morgan fingerprint density at radius 3 is 2.82 bits per heavy atom. The Kier molecular flexibility index (Phi) is 3.50. The molecule has 0 unspecified atom stereocenters. The van der Waals surface area contributed by atoms with E-state index in [9.17, 15) is 4.79 Å². The number of aromatic nitrogens is 1. The van der Waals surface area contributed by atoms with Crippen molar-refractivity contribution in [1.29, 1.82) is 0 Å². The van der Waals surface area contributed by atoms with Crippen molar-refractivity contribution in [3.8, 4) is 11.1 Å². The molecule has 0 fully saturated rings. The molecule has 0 aliphatic rings. The third-order valence-corrected chi connectivity index (χ3v) is 2.67. The van der Waals surface area contributed by atoms with Gasteiger partial charge in [0.1, 0.15) is 6.29 Å². The summed E-state index contributed by atoms with van der Waals surface area (Å²) in [6, 6.07) is 9.95. The fourth-order valence-electron chi connectivity index (χ4n) is 1.81. The van der Waals surface area contributed by atoms with Gasteiger partial charge in [-0.1, -0.05) is 12.1 Å². The molecular formula is C14H14N2O. The molecule has 1 N–H and O–H groups in total. The minimum absolute atomic E-state index is 0.421. The average Bonchev–Trinajstić information content (AvgIpc) is 2.40. The Morgan fingerprint density at radius 1 is 1.29 bits per heavy atom. The molecule has 0 saturated carbocycles. The fourth-order valence-corrected chi connectivity index (χ4v) is 1.81. The van der Waals surface area contributed by atoms with Crippen LogP contribution in [-0.4, -0.2) is 18.3 Å². The molecule has 3 heteroatoms. The number of carbonyl (C=O) groups excluding carboxylic acids is 1. The highest BCUT2D eigenvalue weighted by Crippen LogP contribution is 2.24. The maximum atomic E-state index is 10.7. The Balaban J connectivity index is 2.43. The summed E-state index contributed by atoms with van der Waals surface area (Å²) in [5.74, 6) is 0. The molecule has 17 heavy (non-hydrogen) atoms.